The molecule has 4 rings (SSSR count). The van der Waals surface area contributed by atoms with Crippen LogP contribution in [0.5, 0.6) is 0 Å². The zero-order chi connectivity index (χ0) is 18.1. The van der Waals surface area contributed by atoms with E-state index in [0.717, 1.165) is 15.9 Å². The number of furan rings is 1. The van der Waals surface area contributed by atoms with Gasteiger partial charge in [-0.3, -0.25) is 9.78 Å². The van der Waals surface area contributed by atoms with Crippen molar-refractivity contribution in [1.29, 1.82) is 0 Å². The third kappa shape index (κ3) is 2.88. The van der Waals surface area contributed by atoms with Crippen LogP contribution in [0.1, 0.15) is 11.3 Å². The Morgan fingerprint density at radius 2 is 2.12 bits per heavy atom. The monoisotopic (exact) mass is 349 g/mol. The van der Waals surface area contributed by atoms with E-state index >= 15 is 0 Å². The number of anilines is 1. The Hall–Kier alpha value is -3.68. The van der Waals surface area contributed by atoms with Crippen molar-refractivity contribution in [2.45, 2.75) is 13.5 Å². The van der Waals surface area contributed by atoms with E-state index in [1.807, 2.05) is 19.1 Å². The molecule has 0 saturated carbocycles. The van der Waals surface area contributed by atoms with E-state index in [1.54, 1.807) is 30.5 Å². The van der Waals surface area contributed by atoms with Crippen LogP contribution in [0.15, 0.2) is 62.9 Å². The molecule has 0 saturated heterocycles. The van der Waals surface area contributed by atoms with Gasteiger partial charge in [0.25, 0.3) is 5.56 Å². The fourth-order valence-corrected chi connectivity index (χ4v) is 2.67. The van der Waals surface area contributed by atoms with E-state index in [0.29, 0.717) is 12.2 Å². The van der Waals surface area contributed by atoms with E-state index in [-0.39, 0.29) is 17.0 Å². The summed E-state index contributed by atoms with van der Waals surface area (Å²) in [6, 6.07) is 10.8. The number of aromatic amines is 1. The molecule has 8 nitrogen and oxygen atoms in total. The minimum atomic E-state index is -0.552. The Bertz CT molecular complexity index is 1190. The largest absolute Gasteiger partial charge is 0.467 e. The van der Waals surface area contributed by atoms with Gasteiger partial charge in [0.15, 0.2) is 5.65 Å². The molecule has 0 aliphatic rings. The van der Waals surface area contributed by atoms with Crippen LogP contribution in [0.25, 0.3) is 16.7 Å². The van der Waals surface area contributed by atoms with E-state index in [2.05, 4.69) is 20.3 Å². The average molecular weight is 349 g/mol. The molecule has 4 aromatic rings. The Morgan fingerprint density at radius 3 is 2.88 bits per heavy atom. The third-order valence-electron chi connectivity index (χ3n) is 3.91. The zero-order valence-electron chi connectivity index (χ0n) is 13.9. The molecular formula is C18H15N5O3. The SMILES string of the molecule is Cc1cccc(-n2c(=O)[nH]c3nc(NCc4ccco4)ncc3c2=O)c1. The second kappa shape index (κ2) is 6.32. The predicted octanol–water partition coefficient (Wildman–Crippen LogP) is 1.98. The van der Waals surface area contributed by atoms with E-state index in [1.165, 1.54) is 6.20 Å². The highest BCUT2D eigenvalue weighted by Gasteiger charge is 2.12. The Labute approximate surface area is 147 Å². The number of rotatable bonds is 4. The van der Waals surface area contributed by atoms with Gasteiger partial charge in [0.05, 0.1) is 18.5 Å². The van der Waals surface area contributed by atoms with Crippen LogP contribution in [0, 0.1) is 6.92 Å². The predicted molar refractivity (Wildman–Crippen MR) is 96.5 cm³/mol. The summed E-state index contributed by atoms with van der Waals surface area (Å²) >= 11 is 0. The standard InChI is InChI=1S/C18H15N5O3/c1-11-4-2-5-12(8-11)23-16(24)14-10-20-17(21-15(14)22-18(23)25)19-9-13-6-3-7-26-13/h2-8,10H,9H2,1H3,(H2,19,20,21,22,25). The molecule has 0 fully saturated rings. The first-order valence-corrected chi connectivity index (χ1v) is 7.97. The number of nitrogens with zero attached hydrogens (tertiary/aromatic N) is 3. The number of hydrogen-bond donors (Lipinski definition) is 2. The lowest BCUT2D eigenvalue weighted by Crippen LogP contribution is -2.34. The molecule has 0 aliphatic carbocycles. The van der Waals surface area contributed by atoms with Gasteiger partial charge in [-0.2, -0.15) is 4.98 Å². The molecule has 1 aromatic carbocycles. The van der Waals surface area contributed by atoms with E-state index < -0.39 is 11.2 Å². The summed E-state index contributed by atoms with van der Waals surface area (Å²) < 4.78 is 6.30. The smallest absolute Gasteiger partial charge is 0.334 e. The van der Waals surface area contributed by atoms with Gasteiger partial charge in [0.1, 0.15) is 11.1 Å². The first-order chi connectivity index (χ1) is 12.6. The topological polar surface area (TPSA) is 106 Å². The van der Waals surface area contributed by atoms with Crippen LogP contribution in [0.2, 0.25) is 0 Å². The minimum Gasteiger partial charge on any atom is -0.467 e. The van der Waals surface area contributed by atoms with Crippen LogP contribution in [-0.4, -0.2) is 19.5 Å². The molecule has 0 aliphatic heterocycles. The normalized spacial score (nSPS) is 11.0. The van der Waals surface area contributed by atoms with Gasteiger partial charge in [-0.1, -0.05) is 12.1 Å². The number of aromatic nitrogens is 4. The maximum absolute atomic E-state index is 12.7. The molecular weight excluding hydrogens is 334 g/mol. The number of nitrogens with one attached hydrogen (secondary N) is 2. The summed E-state index contributed by atoms with van der Waals surface area (Å²) in [6.07, 6.45) is 2.97. The van der Waals surface area contributed by atoms with Crippen molar-refractivity contribution in [2.24, 2.45) is 0 Å². The summed E-state index contributed by atoms with van der Waals surface area (Å²) in [7, 11) is 0. The maximum atomic E-state index is 12.7. The highest BCUT2D eigenvalue weighted by atomic mass is 16.3. The highest BCUT2D eigenvalue weighted by molar-refractivity contribution is 5.73. The summed E-state index contributed by atoms with van der Waals surface area (Å²) in [5.74, 6) is 1.01. The summed E-state index contributed by atoms with van der Waals surface area (Å²) in [5, 5.41) is 3.22. The third-order valence-corrected chi connectivity index (χ3v) is 3.91. The molecule has 130 valence electrons. The fraction of sp³-hybridized carbons (Fsp3) is 0.111. The second-order valence-corrected chi connectivity index (χ2v) is 5.80. The van der Waals surface area contributed by atoms with Crippen molar-refractivity contribution >= 4 is 17.0 Å². The first-order valence-electron chi connectivity index (χ1n) is 7.97. The maximum Gasteiger partial charge on any atom is 0.334 e. The second-order valence-electron chi connectivity index (χ2n) is 5.80. The zero-order valence-corrected chi connectivity index (χ0v) is 13.9. The molecule has 26 heavy (non-hydrogen) atoms. The van der Waals surface area contributed by atoms with E-state index in [9.17, 15) is 9.59 Å². The molecule has 0 atom stereocenters. The Kier molecular flexibility index (Phi) is 3.85. The van der Waals surface area contributed by atoms with E-state index in [4.69, 9.17) is 4.42 Å². The number of aryl methyl sites for hydroxylation is 1. The Morgan fingerprint density at radius 1 is 1.23 bits per heavy atom. The van der Waals surface area contributed by atoms with Crippen molar-refractivity contribution in [3.8, 4) is 5.69 Å². The van der Waals surface area contributed by atoms with Crippen LogP contribution >= 0.6 is 0 Å². The number of fused-ring (bicyclic) bond motifs is 1. The summed E-state index contributed by atoms with van der Waals surface area (Å²) in [6.45, 7) is 2.28. The molecule has 3 aromatic heterocycles. The van der Waals surface area contributed by atoms with Crippen LogP contribution in [0.4, 0.5) is 5.95 Å². The Balaban J connectivity index is 1.75. The van der Waals surface area contributed by atoms with Gasteiger partial charge in [-0.25, -0.2) is 14.3 Å². The van der Waals surface area contributed by atoms with Crippen molar-refractivity contribution in [2.75, 3.05) is 5.32 Å². The van der Waals surface area contributed by atoms with Gasteiger partial charge in [0, 0.05) is 6.20 Å². The molecule has 0 amide bonds. The van der Waals surface area contributed by atoms with Gasteiger partial charge in [0.2, 0.25) is 5.95 Å². The summed E-state index contributed by atoms with van der Waals surface area (Å²) in [5.41, 5.74) is 0.609. The van der Waals surface area contributed by atoms with Crippen LogP contribution < -0.4 is 16.6 Å². The number of benzene rings is 1. The summed E-state index contributed by atoms with van der Waals surface area (Å²) in [4.78, 5) is 36.2. The highest BCUT2D eigenvalue weighted by Crippen LogP contribution is 2.10. The first kappa shape index (κ1) is 15.8. The quantitative estimate of drug-likeness (QED) is 0.584. The van der Waals surface area contributed by atoms with Gasteiger partial charge in [-0.15, -0.1) is 0 Å². The molecule has 3 heterocycles. The molecule has 0 bridgehead atoms. The van der Waals surface area contributed by atoms with Gasteiger partial charge in [-0.05, 0) is 36.8 Å². The van der Waals surface area contributed by atoms with Crippen molar-refractivity contribution < 1.29 is 4.42 Å². The average Bonchev–Trinajstić information content (AvgIpc) is 3.13. The van der Waals surface area contributed by atoms with Gasteiger partial charge < -0.3 is 9.73 Å². The number of H-pyrrole nitrogens is 1. The molecule has 8 heteroatoms. The van der Waals surface area contributed by atoms with Crippen molar-refractivity contribution in [3.63, 3.8) is 0 Å². The molecule has 0 unspecified atom stereocenters. The molecule has 2 N–H and O–H groups in total. The lowest BCUT2D eigenvalue weighted by Gasteiger charge is -2.08. The molecule has 0 radical (unpaired) electrons. The van der Waals surface area contributed by atoms with Crippen LogP contribution in [-0.2, 0) is 6.54 Å². The van der Waals surface area contributed by atoms with Crippen molar-refractivity contribution in [1.82, 2.24) is 19.5 Å². The van der Waals surface area contributed by atoms with Crippen molar-refractivity contribution in [3.05, 3.63) is 81.0 Å². The van der Waals surface area contributed by atoms with Crippen LogP contribution in [0.3, 0.4) is 0 Å². The number of hydrogen-bond acceptors (Lipinski definition) is 6. The lowest BCUT2D eigenvalue weighted by molar-refractivity contribution is 0.517. The molecule has 0 spiro atoms. The lowest BCUT2D eigenvalue weighted by atomic mass is 10.2. The van der Waals surface area contributed by atoms with Gasteiger partial charge >= 0.3 is 5.69 Å². The fourth-order valence-electron chi connectivity index (χ4n) is 2.67. The minimum absolute atomic E-state index is 0.181.